The molecule has 0 radical (unpaired) electrons. The first-order chi connectivity index (χ1) is 9.66. The summed E-state index contributed by atoms with van der Waals surface area (Å²) in [5, 5.41) is 0. The Labute approximate surface area is 119 Å². The molecule has 0 unspecified atom stereocenters. The zero-order valence-electron chi connectivity index (χ0n) is 11.8. The van der Waals surface area contributed by atoms with Crippen LogP contribution in [0.3, 0.4) is 0 Å². The molecule has 0 spiro atoms. The fourth-order valence-electron chi connectivity index (χ4n) is 3.23. The van der Waals surface area contributed by atoms with Crippen LogP contribution in [0.4, 0.5) is 0 Å². The van der Waals surface area contributed by atoms with Crippen LogP contribution in [0, 0.1) is 5.41 Å². The van der Waals surface area contributed by atoms with Gasteiger partial charge in [0.15, 0.2) is 0 Å². The van der Waals surface area contributed by atoms with Crippen LogP contribution in [0.25, 0.3) is 0 Å². The van der Waals surface area contributed by atoms with E-state index in [1.165, 1.54) is 0 Å². The first-order valence-corrected chi connectivity index (χ1v) is 7.53. The number of hydrogen-bond acceptors (Lipinski definition) is 4. The van der Waals surface area contributed by atoms with E-state index in [9.17, 15) is 9.59 Å². The number of carbonyl (C=O) groups is 2. The fraction of sp³-hybridized carbons (Fsp3) is 0.857. The van der Waals surface area contributed by atoms with Crippen molar-refractivity contribution in [2.75, 3.05) is 39.4 Å². The summed E-state index contributed by atoms with van der Waals surface area (Å²) >= 11 is 0. The van der Waals surface area contributed by atoms with Crippen molar-refractivity contribution in [3.8, 4) is 0 Å². The van der Waals surface area contributed by atoms with E-state index in [1.807, 2.05) is 4.90 Å². The van der Waals surface area contributed by atoms with Gasteiger partial charge in [0.1, 0.15) is 0 Å². The van der Waals surface area contributed by atoms with Crippen molar-refractivity contribution in [3.63, 3.8) is 0 Å². The van der Waals surface area contributed by atoms with Gasteiger partial charge in [-0.15, -0.1) is 0 Å². The smallest absolute Gasteiger partial charge is 0.242 e. The largest absolute Gasteiger partial charge is 0.381 e. The lowest BCUT2D eigenvalue weighted by Gasteiger charge is -2.42. The summed E-state index contributed by atoms with van der Waals surface area (Å²) in [6, 6.07) is 0.436. The predicted molar refractivity (Wildman–Crippen MR) is 72.9 cm³/mol. The van der Waals surface area contributed by atoms with Gasteiger partial charge in [0.25, 0.3) is 0 Å². The van der Waals surface area contributed by atoms with E-state index in [0.717, 1.165) is 12.8 Å². The number of nitrogens with two attached hydrogens (primary N) is 1. The molecule has 1 saturated carbocycles. The summed E-state index contributed by atoms with van der Waals surface area (Å²) < 4.78 is 5.34. The van der Waals surface area contributed by atoms with Crippen molar-refractivity contribution < 1.29 is 14.3 Å². The Kier molecular flexibility index (Phi) is 3.69. The van der Waals surface area contributed by atoms with Crippen molar-refractivity contribution >= 4 is 11.8 Å². The Balaban J connectivity index is 1.66. The van der Waals surface area contributed by atoms with E-state index in [0.29, 0.717) is 51.7 Å². The highest BCUT2D eigenvalue weighted by atomic mass is 16.5. The van der Waals surface area contributed by atoms with Gasteiger partial charge in [0.05, 0.1) is 12.0 Å². The molecule has 2 amide bonds. The average molecular weight is 281 g/mol. The molecule has 0 aromatic rings. The maximum atomic E-state index is 12.8. The molecule has 0 aromatic heterocycles. The highest BCUT2D eigenvalue weighted by Gasteiger charge is 2.44. The first-order valence-electron chi connectivity index (χ1n) is 7.53. The normalized spacial score (nSPS) is 26.8. The van der Waals surface area contributed by atoms with Gasteiger partial charge in [-0.05, 0) is 25.7 Å². The van der Waals surface area contributed by atoms with Crippen LogP contribution >= 0.6 is 0 Å². The highest BCUT2D eigenvalue weighted by molar-refractivity contribution is 5.89. The molecule has 0 atom stereocenters. The molecule has 3 rings (SSSR count). The molecule has 2 aliphatic heterocycles. The molecule has 1 aliphatic carbocycles. The quantitative estimate of drug-likeness (QED) is 0.762. The Hall–Kier alpha value is -1.14. The molecule has 2 N–H and O–H groups in total. The zero-order valence-corrected chi connectivity index (χ0v) is 11.8. The second-order valence-corrected chi connectivity index (χ2v) is 6.14. The molecule has 6 nitrogen and oxygen atoms in total. The minimum absolute atomic E-state index is 0.0482. The van der Waals surface area contributed by atoms with E-state index in [2.05, 4.69) is 0 Å². The molecule has 112 valence electrons. The maximum absolute atomic E-state index is 12.8. The molecule has 0 aromatic carbocycles. The van der Waals surface area contributed by atoms with Crippen LogP contribution in [-0.2, 0) is 14.3 Å². The molecule has 20 heavy (non-hydrogen) atoms. The molecular formula is C14H23N3O3. The number of amides is 2. The summed E-state index contributed by atoms with van der Waals surface area (Å²) in [6.07, 6.45) is 3.56. The number of rotatable bonds is 3. The van der Waals surface area contributed by atoms with Gasteiger partial charge in [-0.2, -0.15) is 0 Å². The van der Waals surface area contributed by atoms with Crippen molar-refractivity contribution in [1.82, 2.24) is 9.80 Å². The predicted octanol–water partition coefficient (Wildman–Crippen LogP) is -0.425. The second-order valence-electron chi connectivity index (χ2n) is 6.14. The number of hydrogen-bond donors (Lipinski definition) is 1. The molecule has 3 aliphatic rings. The molecule has 3 fully saturated rings. The van der Waals surface area contributed by atoms with E-state index in [1.54, 1.807) is 4.90 Å². The van der Waals surface area contributed by atoms with E-state index in [-0.39, 0.29) is 18.4 Å². The Morgan fingerprint density at radius 3 is 2.55 bits per heavy atom. The SMILES string of the molecule is NCC1(C(=O)N2CCN(C3CC3)C(=O)C2)CCOCC1. The van der Waals surface area contributed by atoms with Gasteiger partial charge >= 0.3 is 0 Å². The standard InChI is InChI=1S/C14H23N3O3/c15-10-14(3-7-20-8-4-14)13(19)16-5-6-17(11-1-2-11)12(18)9-16/h11H,1-10,15H2. The molecule has 6 heteroatoms. The van der Waals surface area contributed by atoms with E-state index in [4.69, 9.17) is 10.5 Å². The molecule has 2 heterocycles. The van der Waals surface area contributed by atoms with Gasteiger partial charge in [0.2, 0.25) is 11.8 Å². The fourth-order valence-corrected chi connectivity index (χ4v) is 3.23. The minimum Gasteiger partial charge on any atom is -0.381 e. The number of nitrogens with zero attached hydrogens (tertiary/aromatic N) is 2. The average Bonchev–Trinajstić information content (AvgIpc) is 3.31. The van der Waals surface area contributed by atoms with E-state index >= 15 is 0 Å². The lowest BCUT2D eigenvalue weighted by atomic mass is 9.78. The van der Waals surface area contributed by atoms with E-state index < -0.39 is 5.41 Å². The van der Waals surface area contributed by atoms with Crippen molar-refractivity contribution in [2.24, 2.45) is 11.1 Å². The summed E-state index contributed by atoms with van der Waals surface area (Å²) in [7, 11) is 0. The first kappa shape index (κ1) is 13.8. The third-order valence-electron chi connectivity index (χ3n) is 4.83. The Morgan fingerprint density at radius 2 is 2.00 bits per heavy atom. The summed E-state index contributed by atoms with van der Waals surface area (Å²) in [5.74, 6) is 0.137. The topological polar surface area (TPSA) is 75.9 Å². The highest BCUT2D eigenvalue weighted by Crippen LogP contribution is 2.33. The monoisotopic (exact) mass is 281 g/mol. The van der Waals surface area contributed by atoms with Gasteiger partial charge < -0.3 is 20.3 Å². The van der Waals surface area contributed by atoms with Crippen molar-refractivity contribution in [1.29, 1.82) is 0 Å². The third-order valence-corrected chi connectivity index (χ3v) is 4.83. The van der Waals surface area contributed by atoms with Crippen LogP contribution in [0.2, 0.25) is 0 Å². The molecule has 2 saturated heterocycles. The van der Waals surface area contributed by atoms with Crippen LogP contribution < -0.4 is 5.73 Å². The van der Waals surface area contributed by atoms with Crippen LogP contribution in [0.15, 0.2) is 0 Å². The Bertz CT molecular complexity index is 402. The van der Waals surface area contributed by atoms with Crippen LogP contribution in [0.5, 0.6) is 0 Å². The van der Waals surface area contributed by atoms with Gasteiger partial charge in [-0.3, -0.25) is 9.59 Å². The van der Waals surface area contributed by atoms with Gasteiger partial charge in [0, 0.05) is 38.9 Å². The number of piperazine rings is 1. The number of carbonyl (C=O) groups excluding carboxylic acids is 2. The van der Waals surface area contributed by atoms with Crippen molar-refractivity contribution in [2.45, 2.75) is 31.7 Å². The summed E-state index contributed by atoms with van der Waals surface area (Å²) in [6.45, 7) is 3.04. The minimum atomic E-state index is -0.514. The Morgan fingerprint density at radius 1 is 1.30 bits per heavy atom. The molecular weight excluding hydrogens is 258 g/mol. The maximum Gasteiger partial charge on any atom is 0.242 e. The molecule has 0 bridgehead atoms. The van der Waals surface area contributed by atoms with Crippen LogP contribution in [-0.4, -0.2) is 67.0 Å². The van der Waals surface area contributed by atoms with Gasteiger partial charge in [-0.1, -0.05) is 0 Å². The number of ether oxygens (including phenoxy) is 1. The summed E-state index contributed by atoms with van der Waals surface area (Å²) in [4.78, 5) is 28.5. The van der Waals surface area contributed by atoms with Crippen LogP contribution in [0.1, 0.15) is 25.7 Å². The van der Waals surface area contributed by atoms with Crippen molar-refractivity contribution in [3.05, 3.63) is 0 Å². The summed E-state index contributed by atoms with van der Waals surface area (Å²) in [5.41, 5.74) is 5.35. The zero-order chi connectivity index (χ0) is 14.2. The lowest BCUT2D eigenvalue weighted by Crippen LogP contribution is -2.58. The third kappa shape index (κ3) is 2.42. The lowest BCUT2D eigenvalue weighted by molar-refractivity contribution is -0.155. The second kappa shape index (κ2) is 5.33. The van der Waals surface area contributed by atoms with Gasteiger partial charge in [-0.25, -0.2) is 0 Å².